The van der Waals surface area contributed by atoms with E-state index >= 15 is 0 Å². The van der Waals surface area contributed by atoms with Crippen molar-refractivity contribution in [1.29, 1.82) is 0 Å². The number of anilines is 1. The van der Waals surface area contributed by atoms with E-state index in [1.165, 1.54) is 11.3 Å². The number of pyridine rings is 1. The minimum atomic E-state index is -0.546. The van der Waals surface area contributed by atoms with Gasteiger partial charge < -0.3 is 11.5 Å². The average Bonchev–Trinajstić information content (AvgIpc) is 2.85. The third kappa shape index (κ3) is 2.74. The first-order valence-electron chi connectivity index (χ1n) is 7.36. The van der Waals surface area contributed by atoms with Crippen LogP contribution in [0.1, 0.15) is 26.5 Å². The highest BCUT2D eigenvalue weighted by Gasteiger charge is 2.19. The van der Waals surface area contributed by atoms with Gasteiger partial charge in [0, 0.05) is 5.39 Å². The molecular formula is C17H17N5OS. The van der Waals surface area contributed by atoms with E-state index in [9.17, 15) is 4.79 Å². The van der Waals surface area contributed by atoms with Gasteiger partial charge >= 0.3 is 0 Å². The highest BCUT2D eigenvalue weighted by Crippen LogP contribution is 2.39. The van der Waals surface area contributed by atoms with Crippen LogP contribution < -0.4 is 11.5 Å². The molecule has 0 atom stereocenters. The SMILES string of the molecule is Cc1ccc(N=Nc2c(C)nc3sc(C(N)=O)c(N)c3c2C)cc1. The molecule has 0 saturated heterocycles. The molecule has 0 saturated carbocycles. The monoisotopic (exact) mass is 339 g/mol. The van der Waals surface area contributed by atoms with Crippen molar-refractivity contribution in [2.24, 2.45) is 16.0 Å². The van der Waals surface area contributed by atoms with Crippen LogP contribution in [-0.4, -0.2) is 10.9 Å². The molecule has 7 heteroatoms. The van der Waals surface area contributed by atoms with Gasteiger partial charge in [-0.3, -0.25) is 4.79 Å². The fourth-order valence-corrected chi connectivity index (χ4v) is 3.57. The van der Waals surface area contributed by atoms with Crippen LogP contribution in [0, 0.1) is 20.8 Å². The lowest BCUT2D eigenvalue weighted by Gasteiger charge is -2.05. The zero-order valence-corrected chi connectivity index (χ0v) is 14.4. The van der Waals surface area contributed by atoms with Gasteiger partial charge in [-0.05, 0) is 38.5 Å². The summed E-state index contributed by atoms with van der Waals surface area (Å²) in [5.74, 6) is -0.546. The standard InChI is InChI=1S/C17H17N5OS/c1-8-4-6-11(7-5-8)21-22-14-9(2)12-13(18)15(16(19)23)24-17(12)20-10(14)3/h4-7H,18H2,1-3H3,(H2,19,23). The number of carbonyl (C=O) groups excluding carboxylic acids is 1. The Labute approximate surface area is 143 Å². The van der Waals surface area contributed by atoms with E-state index in [0.717, 1.165) is 27.9 Å². The fourth-order valence-electron chi connectivity index (χ4n) is 2.52. The minimum Gasteiger partial charge on any atom is -0.397 e. The van der Waals surface area contributed by atoms with Gasteiger partial charge in [0.1, 0.15) is 15.4 Å². The maximum atomic E-state index is 11.5. The topological polar surface area (TPSA) is 107 Å². The number of hydrogen-bond acceptors (Lipinski definition) is 6. The molecule has 122 valence electrons. The van der Waals surface area contributed by atoms with Crippen LogP contribution in [0.4, 0.5) is 17.1 Å². The van der Waals surface area contributed by atoms with E-state index in [1.807, 2.05) is 45.0 Å². The Bertz CT molecular complexity index is 973. The van der Waals surface area contributed by atoms with Gasteiger partial charge in [0.2, 0.25) is 0 Å². The predicted octanol–water partition coefficient (Wildman–Crippen LogP) is 4.32. The summed E-state index contributed by atoms with van der Waals surface area (Å²) in [6.07, 6.45) is 0. The third-order valence-corrected chi connectivity index (χ3v) is 4.91. The highest BCUT2D eigenvalue weighted by atomic mass is 32.1. The summed E-state index contributed by atoms with van der Waals surface area (Å²) in [5, 5.41) is 9.34. The summed E-state index contributed by atoms with van der Waals surface area (Å²) in [6, 6.07) is 7.76. The first kappa shape index (κ1) is 16.1. The second-order valence-corrected chi connectivity index (χ2v) is 6.59. The Morgan fingerprint density at radius 2 is 1.79 bits per heavy atom. The van der Waals surface area contributed by atoms with Crippen molar-refractivity contribution in [2.75, 3.05) is 5.73 Å². The largest absolute Gasteiger partial charge is 0.397 e. The van der Waals surface area contributed by atoms with Gasteiger partial charge in [-0.2, -0.15) is 5.11 Å². The lowest BCUT2D eigenvalue weighted by Crippen LogP contribution is -2.10. The van der Waals surface area contributed by atoms with E-state index in [-0.39, 0.29) is 0 Å². The fraction of sp³-hybridized carbons (Fsp3) is 0.176. The zero-order valence-electron chi connectivity index (χ0n) is 13.6. The molecule has 4 N–H and O–H groups in total. The summed E-state index contributed by atoms with van der Waals surface area (Å²) >= 11 is 1.20. The van der Waals surface area contributed by atoms with Gasteiger partial charge in [0.25, 0.3) is 5.91 Å². The maximum absolute atomic E-state index is 11.5. The summed E-state index contributed by atoms with van der Waals surface area (Å²) in [7, 11) is 0. The van der Waals surface area contributed by atoms with E-state index < -0.39 is 5.91 Å². The molecular weight excluding hydrogens is 322 g/mol. The molecule has 1 aromatic carbocycles. The second-order valence-electron chi connectivity index (χ2n) is 5.60. The maximum Gasteiger partial charge on any atom is 0.260 e. The Morgan fingerprint density at radius 3 is 2.42 bits per heavy atom. The molecule has 0 bridgehead atoms. The van der Waals surface area contributed by atoms with Gasteiger partial charge in [-0.15, -0.1) is 16.5 Å². The number of rotatable bonds is 3. The number of azo groups is 1. The lowest BCUT2D eigenvalue weighted by molar-refractivity contribution is 0.100. The normalized spacial score (nSPS) is 11.5. The molecule has 0 fully saturated rings. The Hall–Kier alpha value is -2.80. The number of hydrogen-bond donors (Lipinski definition) is 2. The van der Waals surface area contributed by atoms with E-state index in [1.54, 1.807) is 0 Å². The van der Waals surface area contributed by atoms with Crippen LogP contribution >= 0.6 is 11.3 Å². The van der Waals surface area contributed by atoms with Crippen molar-refractivity contribution in [3.05, 3.63) is 46.0 Å². The Kier molecular flexibility index (Phi) is 4.02. The number of benzene rings is 1. The second kappa shape index (κ2) is 6.01. The summed E-state index contributed by atoms with van der Waals surface area (Å²) in [4.78, 5) is 17.0. The number of primary amides is 1. The van der Waals surface area contributed by atoms with Gasteiger partial charge in [-0.25, -0.2) is 4.98 Å². The molecule has 3 aromatic rings. The summed E-state index contributed by atoms with van der Waals surface area (Å²) < 4.78 is 0. The number of thiophene rings is 1. The number of nitrogens with zero attached hydrogens (tertiary/aromatic N) is 3. The quantitative estimate of drug-likeness (QED) is 0.694. The number of carbonyl (C=O) groups is 1. The van der Waals surface area contributed by atoms with Crippen molar-refractivity contribution in [2.45, 2.75) is 20.8 Å². The molecule has 24 heavy (non-hydrogen) atoms. The third-order valence-electron chi connectivity index (χ3n) is 3.79. The molecule has 0 spiro atoms. The molecule has 0 aliphatic heterocycles. The van der Waals surface area contributed by atoms with Crippen LogP contribution in [0.3, 0.4) is 0 Å². The number of nitrogen functional groups attached to an aromatic ring is 1. The van der Waals surface area contributed by atoms with Crippen LogP contribution in [0.2, 0.25) is 0 Å². The first-order valence-corrected chi connectivity index (χ1v) is 8.17. The molecule has 2 heterocycles. The van der Waals surface area contributed by atoms with Gasteiger partial charge in [0.05, 0.1) is 17.1 Å². The zero-order chi connectivity index (χ0) is 17.4. The average molecular weight is 339 g/mol. The molecule has 2 aromatic heterocycles. The Morgan fingerprint density at radius 1 is 1.12 bits per heavy atom. The molecule has 6 nitrogen and oxygen atoms in total. The molecule has 0 radical (unpaired) electrons. The van der Waals surface area contributed by atoms with Crippen LogP contribution in [0.15, 0.2) is 34.5 Å². The molecule has 1 amide bonds. The van der Waals surface area contributed by atoms with Crippen molar-refractivity contribution >= 4 is 44.5 Å². The van der Waals surface area contributed by atoms with Crippen molar-refractivity contribution in [1.82, 2.24) is 4.98 Å². The minimum absolute atomic E-state index is 0.327. The number of aromatic nitrogens is 1. The highest BCUT2D eigenvalue weighted by molar-refractivity contribution is 7.21. The first-order chi connectivity index (χ1) is 11.4. The van der Waals surface area contributed by atoms with Gasteiger partial charge in [0.15, 0.2) is 0 Å². The molecule has 0 unspecified atom stereocenters. The van der Waals surface area contributed by atoms with Gasteiger partial charge in [-0.1, -0.05) is 17.7 Å². The number of aryl methyl sites for hydroxylation is 3. The molecule has 0 aliphatic carbocycles. The van der Waals surface area contributed by atoms with Crippen LogP contribution in [0.25, 0.3) is 10.2 Å². The molecule has 0 aliphatic rings. The van der Waals surface area contributed by atoms with Crippen molar-refractivity contribution in [3.8, 4) is 0 Å². The molecule has 3 rings (SSSR count). The van der Waals surface area contributed by atoms with E-state index in [2.05, 4.69) is 15.2 Å². The van der Waals surface area contributed by atoms with E-state index in [0.29, 0.717) is 21.1 Å². The van der Waals surface area contributed by atoms with Crippen LogP contribution in [-0.2, 0) is 0 Å². The smallest absolute Gasteiger partial charge is 0.260 e. The van der Waals surface area contributed by atoms with Crippen molar-refractivity contribution < 1.29 is 4.79 Å². The summed E-state index contributed by atoms with van der Waals surface area (Å²) in [6.45, 7) is 5.77. The number of fused-ring (bicyclic) bond motifs is 1. The number of nitrogens with two attached hydrogens (primary N) is 2. The predicted molar refractivity (Wildman–Crippen MR) is 97.4 cm³/mol. The van der Waals surface area contributed by atoms with Crippen LogP contribution in [0.5, 0.6) is 0 Å². The number of amides is 1. The summed E-state index contributed by atoms with van der Waals surface area (Å²) in [5.41, 5.74) is 16.0. The van der Waals surface area contributed by atoms with Crippen molar-refractivity contribution in [3.63, 3.8) is 0 Å². The van der Waals surface area contributed by atoms with E-state index in [4.69, 9.17) is 11.5 Å². The lowest BCUT2D eigenvalue weighted by atomic mass is 10.1. The Balaban J connectivity index is 2.12.